The molecule has 2 aliphatic rings. The fourth-order valence-corrected chi connectivity index (χ4v) is 4.45. The SMILES string of the molecule is CC(NC(=O)C1CC2CCCCC2N1)c1nc2ccccc2n1C.Cl.Cl. The Morgan fingerprint density at radius 3 is 2.73 bits per heavy atom. The highest BCUT2D eigenvalue weighted by Crippen LogP contribution is 2.33. The van der Waals surface area contributed by atoms with E-state index in [4.69, 9.17) is 4.98 Å². The highest BCUT2D eigenvalue weighted by Gasteiger charge is 2.38. The van der Waals surface area contributed by atoms with Crippen molar-refractivity contribution in [3.63, 3.8) is 0 Å². The molecule has 0 spiro atoms. The predicted octanol–water partition coefficient (Wildman–Crippen LogP) is 3.51. The lowest BCUT2D eigenvalue weighted by atomic mass is 9.85. The van der Waals surface area contributed by atoms with Gasteiger partial charge in [0.1, 0.15) is 5.82 Å². The van der Waals surface area contributed by atoms with Crippen molar-refractivity contribution in [3.05, 3.63) is 30.1 Å². The Morgan fingerprint density at radius 1 is 1.27 bits per heavy atom. The Bertz CT molecular complexity index is 749. The van der Waals surface area contributed by atoms with Gasteiger partial charge in [-0.25, -0.2) is 4.98 Å². The van der Waals surface area contributed by atoms with Crippen molar-refractivity contribution in [1.82, 2.24) is 20.2 Å². The number of nitrogens with one attached hydrogen (secondary N) is 2. The fraction of sp³-hybridized carbons (Fsp3) is 0.579. The van der Waals surface area contributed by atoms with Crippen LogP contribution < -0.4 is 10.6 Å². The Hall–Kier alpha value is -1.30. The van der Waals surface area contributed by atoms with Gasteiger partial charge in [0.25, 0.3) is 0 Å². The predicted molar refractivity (Wildman–Crippen MR) is 109 cm³/mol. The largest absolute Gasteiger partial charge is 0.345 e. The molecule has 1 amide bonds. The quantitative estimate of drug-likeness (QED) is 0.831. The first-order valence-electron chi connectivity index (χ1n) is 9.11. The monoisotopic (exact) mass is 398 g/mol. The molecule has 2 heterocycles. The van der Waals surface area contributed by atoms with Gasteiger partial charge in [-0.15, -0.1) is 24.8 Å². The standard InChI is InChI=1S/C19H26N4O.2ClH/c1-12(18-22-15-9-5-6-10-17(15)23(18)2)20-19(24)16-11-13-7-3-4-8-14(13)21-16;;/h5-6,9-10,12-14,16,21H,3-4,7-8,11H2,1-2H3,(H,20,24);2*1H. The lowest BCUT2D eigenvalue weighted by molar-refractivity contribution is -0.123. The summed E-state index contributed by atoms with van der Waals surface area (Å²) in [4.78, 5) is 17.4. The average Bonchev–Trinajstić information content (AvgIpc) is 3.17. The average molecular weight is 399 g/mol. The van der Waals surface area contributed by atoms with Gasteiger partial charge < -0.3 is 15.2 Å². The van der Waals surface area contributed by atoms with E-state index in [9.17, 15) is 4.79 Å². The lowest BCUT2D eigenvalue weighted by Crippen LogP contribution is -2.44. The fourth-order valence-electron chi connectivity index (χ4n) is 4.45. The number of amides is 1. The van der Waals surface area contributed by atoms with Crippen LogP contribution >= 0.6 is 24.8 Å². The first-order chi connectivity index (χ1) is 11.6. The molecule has 0 radical (unpaired) electrons. The molecule has 1 saturated heterocycles. The number of benzene rings is 1. The third-order valence-electron chi connectivity index (χ3n) is 5.75. The molecule has 1 saturated carbocycles. The second-order valence-corrected chi connectivity index (χ2v) is 7.35. The summed E-state index contributed by atoms with van der Waals surface area (Å²) in [5.41, 5.74) is 2.07. The van der Waals surface area contributed by atoms with Gasteiger partial charge >= 0.3 is 0 Å². The van der Waals surface area contributed by atoms with E-state index in [1.165, 1.54) is 25.7 Å². The van der Waals surface area contributed by atoms with Gasteiger partial charge in [-0.2, -0.15) is 0 Å². The van der Waals surface area contributed by atoms with E-state index in [0.29, 0.717) is 12.0 Å². The van der Waals surface area contributed by atoms with Crippen LogP contribution in [-0.2, 0) is 11.8 Å². The van der Waals surface area contributed by atoms with E-state index in [2.05, 4.69) is 21.3 Å². The molecule has 1 aliphatic carbocycles. The van der Waals surface area contributed by atoms with Crippen LogP contribution in [0.4, 0.5) is 0 Å². The zero-order valence-corrected chi connectivity index (χ0v) is 16.9. The van der Waals surface area contributed by atoms with Crippen molar-refractivity contribution < 1.29 is 4.79 Å². The molecule has 2 fully saturated rings. The van der Waals surface area contributed by atoms with Gasteiger partial charge in [0.05, 0.1) is 23.1 Å². The number of aryl methyl sites for hydroxylation is 1. The Kier molecular flexibility index (Phi) is 6.94. The molecule has 0 bridgehead atoms. The molecule has 2 N–H and O–H groups in total. The molecule has 4 atom stereocenters. The summed E-state index contributed by atoms with van der Waals surface area (Å²) in [5.74, 6) is 1.70. The summed E-state index contributed by atoms with van der Waals surface area (Å²) in [6.45, 7) is 2.01. The zero-order chi connectivity index (χ0) is 16.7. The van der Waals surface area contributed by atoms with E-state index < -0.39 is 0 Å². The first kappa shape index (κ1) is 21.0. The van der Waals surface area contributed by atoms with Gasteiger partial charge in [-0.05, 0) is 44.2 Å². The summed E-state index contributed by atoms with van der Waals surface area (Å²) in [7, 11) is 2.01. The van der Waals surface area contributed by atoms with Crippen LogP contribution in [0.1, 0.15) is 50.9 Å². The third-order valence-corrected chi connectivity index (χ3v) is 5.75. The van der Waals surface area contributed by atoms with Gasteiger partial charge in [0.15, 0.2) is 0 Å². The lowest BCUT2D eigenvalue weighted by Gasteiger charge is -2.24. The molecule has 4 rings (SSSR count). The van der Waals surface area contributed by atoms with Crippen molar-refractivity contribution in [1.29, 1.82) is 0 Å². The number of nitrogens with zero attached hydrogens (tertiary/aromatic N) is 2. The van der Waals surface area contributed by atoms with E-state index in [0.717, 1.165) is 23.3 Å². The summed E-state index contributed by atoms with van der Waals surface area (Å²) in [6, 6.07) is 8.48. The van der Waals surface area contributed by atoms with Crippen LogP contribution in [-0.4, -0.2) is 27.5 Å². The van der Waals surface area contributed by atoms with Crippen molar-refractivity contribution >= 4 is 41.8 Å². The number of hydrogen-bond acceptors (Lipinski definition) is 3. The maximum atomic E-state index is 12.7. The van der Waals surface area contributed by atoms with Crippen molar-refractivity contribution in [2.45, 2.75) is 57.2 Å². The van der Waals surface area contributed by atoms with Crippen LogP contribution in [0.5, 0.6) is 0 Å². The third kappa shape index (κ3) is 3.85. The molecule has 144 valence electrons. The van der Waals surface area contributed by atoms with Crippen molar-refractivity contribution in [2.24, 2.45) is 13.0 Å². The number of para-hydroxylation sites is 2. The maximum Gasteiger partial charge on any atom is 0.237 e. The van der Waals surface area contributed by atoms with E-state index >= 15 is 0 Å². The molecule has 2 aromatic rings. The summed E-state index contributed by atoms with van der Waals surface area (Å²) in [6.07, 6.45) is 6.06. The second kappa shape index (κ2) is 8.59. The highest BCUT2D eigenvalue weighted by molar-refractivity contribution is 5.85. The second-order valence-electron chi connectivity index (χ2n) is 7.35. The summed E-state index contributed by atoms with van der Waals surface area (Å²) < 4.78 is 2.07. The normalized spacial score (nSPS) is 25.7. The highest BCUT2D eigenvalue weighted by atomic mass is 35.5. The number of rotatable bonds is 3. The van der Waals surface area contributed by atoms with Gasteiger partial charge in [0.2, 0.25) is 5.91 Å². The van der Waals surface area contributed by atoms with E-state index in [-0.39, 0.29) is 42.8 Å². The van der Waals surface area contributed by atoms with Crippen LogP contribution in [0.15, 0.2) is 24.3 Å². The number of imidazole rings is 1. The zero-order valence-electron chi connectivity index (χ0n) is 15.3. The van der Waals surface area contributed by atoms with Crippen LogP contribution in [0.2, 0.25) is 0 Å². The molecule has 7 heteroatoms. The maximum absolute atomic E-state index is 12.7. The van der Waals surface area contributed by atoms with E-state index in [1.807, 2.05) is 32.2 Å². The topological polar surface area (TPSA) is 59.0 Å². The Balaban J connectivity index is 0.00000121. The minimum absolute atomic E-state index is 0. The summed E-state index contributed by atoms with van der Waals surface area (Å²) in [5, 5.41) is 6.72. The van der Waals surface area contributed by atoms with Crippen LogP contribution in [0.3, 0.4) is 0 Å². The molecule has 1 aromatic carbocycles. The van der Waals surface area contributed by atoms with Gasteiger partial charge in [-0.1, -0.05) is 25.0 Å². The van der Waals surface area contributed by atoms with Gasteiger partial charge in [0, 0.05) is 13.1 Å². The molecule has 1 aromatic heterocycles. The first-order valence-corrected chi connectivity index (χ1v) is 9.11. The number of carbonyl (C=O) groups excluding carboxylic acids is 1. The molecule has 26 heavy (non-hydrogen) atoms. The smallest absolute Gasteiger partial charge is 0.237 e. The minimum atomic E-state index is -0.0978. The Labute approximate surface area is 167 Å². The Morgan fingerprint density at radius 2 is 2.00 bits per heavy atom. The number of carbonyl (C=O) groups is 1. The number of fused-ring (bicyclic) bond motifs is 2. The van der Waals surface area contributed by atoms with Crippen LogP contribution in [0, 0.1) is 5.92 Å². The van der Waals surface area contributed by atoms with Crippen molar-refractivity contribution in [3.8, 4) is 0 Å². The number of hydrogen-bond donors (Lipinski definition) is 2. The molecular weight excluding hydrogens is 371 g/mol. The van der Waals surface area contributed by atoms with E-state index in [1.54, 1.807) is 0 Å². The molecular formula is C19H28Cl2N4O. The van der Waals surface area contributed by atoms with Crippen LogP contribution in [0.25, 0.3) is 11.0 Å². The van der Waals surface area contributed by atoms with Gasteiger partial charge in [-0.3, -0.25) is 4.79 Å². The molecule has 1 aliphatic heterocycles. The molecule has 4 unspecified atom stereocenters. The minimum Gasteiger partial charge on any atom is -0.345 e. The summed E-state index contributed by atoms with van der Waals surface area (Å²) >= 11 is 0. The number of aromatic nitrogens is 2. The number of halogens is 2. The molecule has 5 nitrogen and oxygen atoms in total. The van der Waals surface area contributed by atoms with Crippen molar-refractivity contribution in [2.75, 3.05) is 0 Å².